The summed E-state index contributed by atoms with van der Waals surface area (Å²) in [6.07, 6.45) is 13.4. The minimum atomic E-state index is -0.909. The molecule has 9 nitrogen and oxygen atoms in total. The van der Waals surface area contributed by atoms with Gasteiger partial charge in [0.2, 0.25) is 0 Å². The van der Waals surface area contributed by atoms with E-state index in [0.29, 0.717) is 23.9 Å². The molecule has 1 atom stereocenters. The maximum absolute atomic E-state index is 11.2. The molecule has 2 aromatic heterocycles. The molecule has 0 bridgehead atoms. The number of H-pyrrole nitrogens is 1. The van der Waals surface area contributed by atoms with Crippen LogP contribution in [0.3, 0.4) is 0 Å². The molecule has 0 saturated carbocycles. The number of nitrogens with one attached hydrogen (secondary N) is 2. The summed E-state index contributed by atoms with van der Waals surface area (Å²) in [4.78, 5) is 29.0. The van der Waals surface area contributed by atoms with Crippen LogP contribution >= 0.6 is 0 Å². The van der Waals surface area contributed by atoms with E-state index in [1.807, 2.05) is 24.5 Å². The predicted octanol–water partition coefficient (Wildman–Crippen LogP) is 4.21. The fourth-order valence-electron chi connectivity index (χ4n) is 6.50. The number of carboxylic acid groups (broad SMARTS) is 1. The summed E-state index contributed by atoms with van der Waals surface area (Å²) in [5.41, 5.74) is 1.87. The van der Waals surface area contributed by atoms with Gasteiger partial charge in [0, 0.05) is 57.4 Å². The van der Waals surface area contributed by atoms with E-state index < -0.39 is 5.97 Å². The lowest BCUT2D eigenvalue weighted by molar-refractivity contribution is 0.0697. The molecular weight excluding hydrogens is 502 g/mol. The minimum Gasteiger partial charge on any atom is -0.478 e. The topological polar surface area (TPSA) is 102 Å². The van der Waals surface area contributed by atoms with Gasteiger partial charge >= 0.3 is 5.97 Å². The summed E-state index contributed by atoms with van der Waals surface area (Å²) in [5.74, 6) is 1.76. The zero-order valence-corrected chi connectivity index (χ0v) is 24.1. The van der Waals surface area contributed by atoms with Gasteiger partial charge < -0.3 is 29.8 Å². The fraction of sp³-hybridized carbons (Fsp3) is 0.581. The number of nitrogens with zero attached hydrogens (tertiary/aromatic N) is 5. The number of carbonyl (C=O) groups is 1. The number of imidazole rings is 2. The minimum absolute atomic E-state index is 0.0219. The molecule has 2 fully saturated rings. The van der Waals surface area contributed by atoms with Gasteiger partial charge in [0.1, 0.15) is 11.6 Å². The van der Waals surface area contributed by atoms with Crippen molar-refractivity contribution in [1.29, 1.82) is 0 Å². The number of rotatable bonds is 13. The Hall–Kier alpha value is -3.01. The highest BCUT2D eigenvalue weighted by atomic mass is 16.4. The lowest BCUT2D eigenvalue weighted by Crippen LogP contribution is -2.42. The highest BCUT2D eigenvalue weighted by Gasteiger charge is 2.40. The quantitative estimate of drug-likeness (QED) is 0.295. The van der Waals surface area contributed by atoms with Crippen LogP contribution in [-0.2, 0) is 19.5 Å². The van der Waals surface area contributed by atoms with E-state index in [0.717, 1.165) is 42.6 Å². The highest BCUT2D eigenvalue weighted by molar-refractivity contribution is 5.87. The van der Waals surface area contributed by atoms with Gasteiger partial charge in [0.05, 0.1) is 11.6 Å². The second-order valence-corrected chi connectivity index (χ2v) is 12.2. The summed E-state index contributed by atoms with van der Waals surface area (Å²) in [5, 5.41) is 12.8. The van der Waals surface area contributed by atoms with Gasteiger partial charge in [-0.25, -0.2) is 14.8 Å². The second-order valence-electron chi connectivity index (χ2n) is 12.2. The molecule has 0 amide bonds. The molecule has 4 heterocycles. The summed E-state index contributed by atoms with van der Waals surface area (Å²) >= 11 is 0. The van der Waals surface area contributed by atoms with Crippen LogP contribution < -0.4 is 5.32 Å². The number of aromatic carboxylic acids is 1. The van der Waals surface area contributed by atoms with Gasteiger partial charge in [0.15, 0.2) is 0 Å². The molecule has 5 rings (SSSR count). The molecule has 216 valence electrons. The first-order valence-electron chi connectivity index (χ1n) is 14.9. The molecule has 0 radical (unpaired) electrons. The van der Waals surface area contributed by atoms with Crippen molar-refractivity contribution in [1.82, 2.24) is 34.6 Å². The number of aromatic nitrogens is 4. The second kappa shape index (κ2) is 13.1. The van der Waals surface area contributed by atoms with Crippen LogP contribution in [0.1, 0.15) is 73.1 Å². The average Bonchev–Trinajstić information content (AvgIpc) is 3.70. The molecule has 2 saturated heterocycles. The Balaban J connectivity index is 1.15. The van der Waals surface area contributed by atoms with Crippen molar-refractivity contribution in [3.8, 4) is 0 Å². The standard InChI is InChI=1S/C31H45N7O2/c1-24(2)22-36-16-8-31(9-17-36)10-18-37(23-31)14-3-15-38-19-13-34-29(38)27(20-28-32-11-12-33-28)35-21-25-4-6-26(7-5-25)30(39)40/h4-7,11-13,19,24,27,35H,3,8-10,14-18,20-23H2,1-2H3,(H,32,33)(H,39,40). The normalized spacial score (nSPS) is 18.6. The van der Waals surface area contributed by atoms with E-state index >= 15 is 0 Å². The zero-order valence-electron chi connectivity index (χ0n) is 24.1. The number of aromatic amines is 1. The average molecular weight is 548 g/mol. The molecule has 0 aliphatic carbocycles. The first-order chi connectivity index (χ1) is 19.4. The third-order valence-electron chi connectivity index (χ3n) is 8.70. The van der Waals surface area contributed by atoms with Crippen LogP contribution in [0.25, 0.3) is 0 Å². The van der Waals surface area contributed by atoms with E-state index in [1.54, 1.807) is 18.3 Å². The molecular formula is C31H45N7O2. The van der Waals surface area contributed by atoms with E-state index in [1.165, 1.54) is 52.0 Å². The van der Waals surface area contributed by atoms with Crippen LogP contribution in [0, 0.1) is 11.3 Å². The first kappa shape index (κ1) is 28.5. The number of benzene rings is 1. The number of hydrogen-bond acceptors (Lipinski definition) is 6. The van der Waals surface area contributed by atoms with E-state index in [4.69, 9.17) is 4.98 Å². The number of likely N-dealkylation sites (tertiary alicyclic amines) is 2. The van der Waals surface area contributed by atoms with Crippen molar-refractivity contribution in [3.05, 3.63) is 71.8 Å². The first-order valence-corrected chi connectivity index (χ1v) is 14.9. The number of aryl methyl sites for hydroxylation is 1. The number of piperidine rings is 1. The van der Waals surface area contributed by atoms with Crippen molar-refractivity contribution < 1.29 is 9.90 Å². The summed E-state index contributed by atoms with van der Waals surface area (Å²) < 4.78 is 2.28. The van der Waals surface area contributed by atoms with Gasteiger partial charge in [-0.1, -0.05) is 26.0 Å². The third kappa shape index (κ3) is 7.38. The van der Waals surface area contributed by atoms with Crippen LogP contribution in [0.15, 0.2) is 49.1 Å². The summed E-state index contributed by atoms with van der Waals surface area (Å²) in [7, 11) is 0. The van der Waals surface area contributed by atoms with Gasteiger partial charge in [0.25, 0.3) is 0 Å². The molecule has 1 aromatic carbocycles. The molecule has 3 N–H and O–H groups in total. The van der Waals surface area contributed by atoms with Crippen LogP contribution in [-0.4, -0.2) is 79.7 Å². The van der Waals surface area contributed by atoms with Gasteiger partial charge in [-0.3, -0.25) is 0 Å². The van der Waals surface area contributed by atoms with E-state index in [2.05, 4.69) is 49.7 Å². The van der Waals surface area contributed by atoms with Crippen molar-refractivity contribution in [2.24, 2.45) is 11.3 Å². The third-order valence-corrected chi connectivity index (χ3v) is 8.70. The monoisotopic (exact) mass is 547 g/mol. The predicted molar refractivity (Wildman–Crippen MR) is 156 cm³/mol. The van der Waals surface area contributed by atoms with Gasteiger partial charge in [-0.2, -0.15) is 0 Å². The lowest BCUT2D eigenvalue weighted by Gasteiger charge is -2.40. The SMILES string of the molecule is CC(C)CN1CCC2(CC1)CCN(CCCn1ccnc1C(Cc1ncc[nH]1)NCc1ccc(C(=O)O)cc1)C2. The maximum Gasteiger partial charge on any atom is 0.335 e. The molecule has 2 aliphatic rings. The zero-order chi connectivity index (χ0) is 28.0. The molecule has 3 aromatic rings. The van der Waals surface area contributed by atoms with E-state index in [-0.39, 0.29) is 6.04 Å². The Morgan fingerprint density at radius 2 is 1.80 bits per heavy atom. The summed E-state index contributed by atoms with van der Waals surface area (Å²) in [6, 6.07) is 7.01. The summed E-state index contributed by atoms with van der Waals surface area (Å²) in [6.45, 7) is 13.6. The van der Waals surface area contributed by atoms with Crippen LogP contribution in [0.2, 0.25) is 0 Å². The Labute approximate surface area is 238 Å². The van der Waals surface area contributed by atoms with Crippen molar-refractivity contribution in [2.45, 2.75) is 65.1 Å². The largest absolute Gasteiger partial charge is 0.478 e. The Kier molecular flexibility index (Phi) is 9.34. The highest BCUT2D eigenvalue weighted by Crippen LogP contribution is 2.40. The lowest BCUT2D eigenvalue weighted by atomic mass is 9.77. The molecule has 9 heteroatoms. The van der Waals surface area contributed by atoms with E-state index in [9.17, 15) is 9.90 Å². The van der Waals surface area contributed by atoms with Crippen molar-refractivity contribution >= 4 is 5.97 Å². The van der Waals surface area contributed by atoms with Crippen molar-refractivity contribution in [3.63, 3.8) is 0 Å². The fourth-order valence-corrected chi connectivity index (χ4v) is 6.50. The van der Waals surface area contributed by atoms with Crippen LogP contribution in [0.4, 0.5) is 0 Å². The number of hydrogen-bond donors (Lipinski definition) is 3. The Bertz CT molecular complexity index is 1200. The number of carboxylic acids is 1. The molecule has 40 heavy (non-hydrogen) atoms. The smallest absolute Gasteiger partial charge is 0.335 e. The Morgan fingerprint density at radius 3 is 2.48 bits per heavy atom. The van der Waals surface area contributed by atoms with Crippen LogP contribution in [0.5, 0.6) is 0 Å². The maximum atomic E-state index is 11.2. The Morgan fingerprint density at radius 1 is 1.05 bits per heavy atom. The van der Waals surface area contributed by atoms with Crippen molar-refractivity contribution in [2.75, 3.05) is 39.3 Å². The van der Waals surface area contributed by atoms with Gasteiger partial charge in [-0.05, 0) is 80.9 Å². The van der Waals surface area contributed by atoms with Gasteiger partial charge in [-0.15, -0.1) is 0 Å². The molecule has 1 spiro atoms. The molecule has 2 aliphatic heterocycles. The molecule has 1 unspecified atom stereocenters.